The van der Waals surface area contributed by atoms with Crippen molar-refractivity contribution in [2.75, 3.05) is 19.0 Å². The van der Waals surface area contributed by atoms with Crippen molar-refractivity contribution >= 4 is 24.8 Å². The molecule has 0 bridgehead atoms. The molecule has 3 aromatic rings. The molecule has 24 heavy (non-hydrogen) atoms. The summed E-state index contributed by atoms with van der Waals surface area (Å²) in [6.07, 6.45) is 0. The zero-order valence-corrected chi connectivity index (χ0v) is 16.2. The Morgan fingerprint density at radius 2 is 1.67 bits per heavy atom. The molecule has 0 fully saturated rings. The van der Waals surface area contributed by atoms with Gasteiger partial charge in [0.05, 0.1) is 11.6 Å². The Kier molecular flexibility index (Phi) is 4.45. The normalized spacial score (nSPS) is 13.2. The molecule has 0 saturated heterocycles. The third-order valence-corrected chi connectivity index (χ3v) is 5.88. The highest BCUT2D eigenvalue weighted by Gasteiger charge is 2.25. The highest BCUT2D eigenvalue weighted by Crippen LogP contribution is 2.31. The molecule has 0 aliphatic heterocycles. The number of nitrogens with zero attached hydrogens (tertiary/aromatic N) is 4. The van der Waals surface area contributed by atoms with E-state index >= 15 is 0 Å². The molecular weight excluding hydrogens is 312 g/mol. The summed E-state index contributed by atoms with van der Waals surface area (Å²) in [5.74, 6) is 0. The number of benzene rings is 2. The molecule has 0 spiro atoms. The molecule has 0 N–H and O–H groups in total. The van der Waals surface area contributed by atoms with Gasteiger partial charge in [-0.15, -0.1) is 5.10 Å². The molecule has 126 valence electrons. The predicted octanol–water partition coefficient (Wildman–Crippen LogP) is 4.42. The van der Waals surface area contributed by atoms with Gasteiger partial charge in [-0.25, -0.2) is 4.68 Å². The van der Waals surface area contributed by atoms with E-state index in [0.29, 0.717) is 0 Å². The highest BCUT2D eigenvalue weighted by molar-refractivity contribution is 6.76. The third-order valence-electron chi connectivity index (χ3n) is 4.27. The first-order valence-electron chi connectivity index (χ1n) is 8.42. The van der Waals surface area contributed by atoms with Crippen LogP contribution in [-0.2, 0) is 0 Å². The molecule has 5 heteroatoms. The molecule has 1 unspecified atom stereocenters. The first-order valence-corrected chi connectivity index (χ1v) is 12.1. The standard InChI is InChI=1S/C19H26N4Si/c1-22(2)16-12-10-15(11-13-16)19(14-24(3,4)5)23-18-9-7-6-8-17(18)20-21-23/h6-13,19H,14H2,1-5H3. The molecule has 1 atom stereocenters. The quantitative estimate of drug-likeness (QED) is 0.646. The summed E-state index contributed by atoms with van der Waals surface area (Å²) in [4.78, 5) is 2.13. The minimum atomic E-state index is -1.28. The lowest BCUT2D eigenvalue weighted by molar-refractivity contribution is 0.554. The van der Waals surface area contributed by atoms with Gasteiger partial charge >= 0.3 is 0 Å². The van der Waals surface area contributed by atoms with E-state index in [9.17, 15) is 0 Å². The molecule has 0 amide bonds. The van der Waals surface area contributed by atoms with E-state index in [2.05, 4.69) is 90.0 Å². The summed E-state index contributed by atoms with van der Waals surface area (Å²) in [6.45, 7) is 7.23. The summed E-state index contributed by atoms with van der Waals surface area (Å²) in [6, 6.07) is 18.4. The smallest absolute Gasteiger partial charge is 0.113 e. The minimum absolute atomic E-state index is 0.236. The molecule has 3 rings (SSSR count). The van der Waals surface area contributed by atoms with Crippen LogP contribution in [0.3, 0.4) is 0 Å². The number of aromatic nitrogens is 3. The van der Waals surface area contributed by atoms with E-state index in [0.717, 1.165) is 17.1 Å². The van der Waals surface area contributed by atoms with Crippen LogP contribution in [0.2, 0.25) is 25.7 Å². The van der Waals surface area contributed by atoms with Crippen LogP contribution in [0.15, 0.2) is 48.5 Å². The predicted molar refractivity (Wildman–Crippen MR) is 105 cm³/mol. The van der Waals surface area contributed by atoms with Crippen LogP contribution in [0, 0.1) is 0 Å². The average molecular weight is 339 g/mol. The SMILES string of the molecule is CN(C)c1ccc(C(C[Si](C)(C)C)n2nnc3ccccc32)cc1. The van der Waals surface area contributed by atoms with Crippen molar-refractivity contribution in [1.29, 1.82) is 0 Å². The molecule has 1 heterocycles. The number of hydrogen-bond acceptors (Lipinski definition) is 3. The van der Waals surface area contributed by atoms with Crippen LogP contribution in [-0.4, -0.2) is 37.2 Å². The average Bonchev–Trinajstić information content (AvgIpc) is 2.96. The van der Waals surface area contributed by atoms with Gasteiger partial charge in [0.2, 0.25) is 0 Å². The second kappa shape index (κ2) is 6.40. The Labute approximate surface area is 145 Å². The first kappa shape index (κ1) is 16.7. The Balaban J connectivity index is 2.06. The zero-order chi connectivity index (χ0) is 17.3. The van der Waals surface area contributed by atoms with Crippen LogP contribution < -0.4 is 4.90 Å². The fraction of sp³-hybridized carbons (Fsp3) is 0.368. The third kappa shape index (κ3) is 3.51. The van der Waals surface area contributed by atoms with Gasteiger partial charge in [-0.05, 0) is 35.9 Å². The lowest BCUT2D eigenvalue weighted by atomic mass is 10.1. The minimum Gasteiger partial charge on any atom is -0.378 e. The largest absolute Gasteiger partial charge is 0.378 e. The number of fused-ring (bicyclic) bond motifs is 1. The van der Waals surface area contributed by atoms with Crippen LogP contribution in [0.1, 0.15) is 11.6 Å². The van der Waals surface area contributed by atoms with Crippen molar-refractivity contribution in [2.45, 2.75) is 31.7 Å². The lowest BCUT2D eigenvalue weighted by Gasteiger charge is -2.26. The summed E-state index contributed by atoms with van der Waals surface area (Å²) in [5.41, 5.74) is 4.59. The molecule has 4 nitrogen and oxygen atoms in total. The fourth-order valence-electron chi connectivity index (χ4n) is 3.04. The number of para-hydroxylation sites is 1. The maximum absolute atomic E-state index is 4.49. The van der Waals surface area contributed by atoms with Crippen molar-refractivity contribution < 1.29 is 0 Å². The Bertz CT molecular complexity index is 815. The van der Waals surface area contributed by atoms with Gasteiger partial charge in [0.15, 0.2) is 0 Å². The maximum atomic E-state index is 4.49. The zero-order valence-electron chi connectivity index (χ0n) is 15.2. The van der Waals surface area contributed by atoms with E-state index in [4.69, 9.17) is 0 Å². The van der Waals surface area contributed by atoms with E-state index in [1.165, 1.54) is 11.3 Å². The van der Waals surface area contributed by atoms with Crippen molar-refractivity contribution in [2.24, 2.45) is 0 Å². The van der Waals surface area contributed by atoms with Crippen LogP contribution in [0.5, 0.6) is 0 Å². The Morgan fingerprint density at radius 3 is 2.29 bits per heavy atom. The topological polar surface area (TPSA) is 34.0 Å². The fourth-order valence-corrected chi connectivity index (χ4v) is 4.61. The van der Waals surface area contributed by atoms with Gasteiger partial charge in [0, 0.05) is 27.9 Å². The number of rotatable bonds is 5. The Morgan fingerprint density at radius 1 is 1.00 bits per heavy atom. The second-order valence-corrected chi connectivity index (χ2v) is 13.3. The van der Waals surface area contributed by atoms with Gasteiger partial charge < -0.3 is 4.90 Å². The van der Waals surface area contributed by atoms with Gasteiger partial charge in [-0.1, -0.05) is 49.1 Å². The highest BCUT2D eigenvalue weighted by atomic mass is 28.3. The molecule has 0 saturated carbocycles. The second-order valence-electron chi connectivity index (χ2n) is 7.79. The summed E-state index contributed by atoms with van der Waals surface area (Å²) >= 11 is 0. The van der Waals surface area contributed by atoms with Crippen molar-refractivity contribution in [1.82, 2.24) is 15.0 Å². The van der Waals surface area contributed by atoms with Crippen molar-refractivity contribution in [3.63, 3.8) is 0 Å². The maximum Gasteiger partial charge on any atom is 0.113 e. The first-order chi connectivity index (χ1) is 11.3. The van der Waals surface area contributed by atoms with Crippen LogP contribution in [0.4, 0.5) is 5.69 Å². The number of anilines is 1. The summed E-state index contributed by atoms with van der Waals surface area (Å²) < 4.78 is 2.11. The molecule has 0 radical (unpaired) electrons. The molecule has 0 aliphatic carbocycles. The van der Waals surface area contributed by atoms with E-state index in [-0.39, 0.29) is 6.04 Å². The molecule has 1 aromatic heterocycles. The number of hydrogen-bond donors (Lipinski definition) is 0. The molecule has 0 aliphatic rings. The van der Waals surface area contributed by atoms with Crippen molar-refractivity contribution in [3.05, 3.63) is 54.1 Å². The van der Waals surface area contributed by atoms with Crippen LogP contribution in [0.25, 0.3) is 11.0 Å². The monoisotopic (exact) mass is 338 g/mol. The van der Waals surface area contributed by atoms with Gasteiger partial charge in [0.25, 0.3) is 0 Å². The van der Waals surface area contributed by atoms with E-state index in [1.807, 2.05) is 12.1 Å². The van der Waals surface area contributed by atoms with Crippen molar-refractivity contribution in [3.8, 4) is 0 Å². The summed E-state index contributed by atoms with van der Waals surface area (Å²) in [7, 11) is 2.86. The van der Waals surface area contributed by atoms with Gasteiger partial charge in [-0.3, -0.25) is 0 Å². The van der Waals surface area contributed by atoms with E-state index < -0.39 is 8.07 Å². The molecular formula is C19H26N4Si. The van der Waals surface area contributed by atoms with E-state index in [1.54, 1.807) is 0 Å². The van der Waals surface area contributed by atoms with Crippen LogP contribution >= 0.6 is 0 Å². The lowest BCUT2D eigenvalue weighted by Crippen LogP contribution is -2.27. The Hall–Kier alpha value is -2.14. The van der Waals surface area contributed by atoms with Gasteiger partial charge in [0.1, 0.15) is 5.52 Å². The van der Waals surface area contributed by atoms with Gasteiger partial charge in [-0.2, -0.15) is 0 Å². The summed E-state index contributed by atoms with van der Waals surface area (Å²) in [5, 5.41) is 8.85. The molecule has 2 aromatic carbocycles.